The third-order valence-corrected chi connectivity index (χ3v) is 25.6. The lowest BCUT2D eigenvalue weighted by Gasteiger charge is -2.55. The van der Waals surface area contributed by atoms with Gasteiger partial charge in [-0.05, 0) is 107 Å². The number of hydrogen-bond acceptors (Lipinski definition) is 2. The van der Waals surface area contributed by atoms with Gasteiger partial charge >= 0.3 is 0 Å². The number of nitrogens with zero attached hydrogens (tertiary/aromatic N) is 2. The monoisotopic (exact) mass is 814 g/mol. The molecule has 0 N–H and O–H groups in total. The molecule has 4 aliphatic heterocycles. The first-order valence-electron chi connectivity index (χ1n) is 24.3. The van der Waals surface area contributed by atoms with E-state index in [0.29, 0.717) is 0 Å². The highest BCUT2D eigenvalue weighted by Gasteiger charge is 2.69. The van der Waals surface area contributed by atoms with Crippen LogP contribution in [0, 0.1) is 0 Å². The van der Waals surface area contributed by atoms with E-state index in [0.717, 1.165) is 0 Å². The first-order chi connectivity index (χ1) is 29.4. The summed E-state index contributed by atoms with van der Waals surface area (Å²) in [5.74, 6) is 0. The lowest BCUT2D eigenvalue weighted by atomic mass is 9.29. The highest BCUT2D eigenvalue weighted by atomic mass is 28.3. The number of benzene rings is 5. The molecule has 0 aromatic heterocycles. The van der Waals surface area contributed by atoms with Crippen LogP contribution >= 0.6 is 0 Å². The smallest absolute Gasteiger partial charge is 0.248 e. The molecule has 4 atom stereocenters. The molecule has 4 heterocycles. The van der Waals surface area contributed by atoms with Crippen LogP contribution in [0.4, 0.5) is 17.1 Å². The van der Waals surface area contributed by atoms with Gasteiger partial charge < -0.3 is 9.80 Å². The summed E-state index contributed by atoms with van der Waals surface area (Å²) in [5, 5.41) is 4.59. The van der Waals surface area contributed by atoms with Crippen molar-refractivity contribution in [1.29, 1.82) is 0 Å². The second-order valence-corrected chi connectivity index (χ2v) is 27.6. The number of rotatable bonds is 3. The van der Waals surface area contributed by atoms with Crippen molar-refractivity contribution >= 4 is 64.0 Å². The van der Waals surface area contributed by atoms with E-state index in [-0.39, 0.29) is 39.1 Å². The summed E-state index contributed by atoms with van der Waals surface area (Å²) in [7, 11) is -2.63. The van der Waals surface area contributed by atoms with Gasteiger partial charge in [-0.1, -0.05) is 182 Å². The van der Waals surface area contributed by atoms with E-state index in [2.05, 4.69) is 167 Å². The minimum absolute atomic E-state index is 0.0110. The van der Waals surface area contributed by atoms with Gasteiger partial charge in [0.2, 0.25) is 6.71 Å². The molecular formula is C57H63BN2Si. The van der Waals surface area contributed by atoms with Crippen LogP contribution in [0.5, 0.6) is 0 Å². The van der Waals surface area contributed by atoms with Crippen LogP contribution in [0.3, 0.4) is 0 Å². The van der Waals surface area contributed by atoms with Gasteiger partial charge in [-0.25, -0.2) is 0 Å². The molecule has 1 spiro atoms. The molecule has 13 rings (SSSR count). The third-order valence-electron chi connectivity index (χ3n) is 19.8. The zero-order valence-electron chi connectivity index (χ0n) is 37.8. The molecule has 5 aromatic carbocycles. The Bertz CT molecular complexity index is 2700. The topological polar surface area (TPSA) is 6.48 Å². The van der Waals surface area contributed by atoms with Crippen LogP contribution in [-0.2, 0) is 16.2 Å². The third kappa shape index (κ3) is 4.03. The van der Waals surface area contributed by atoms with E-state index < -0.39 is 8.07 Å². The van der Waals surface area contributed by atoms with Gasteiger partial charge in [-0.2, -0.15) is 0 Å². The zero-order chi connectivity index (χ0) is 41.5. The Kier molecular flexibility index (Phi) is 7.24. The summed E-state index contributed by atoms with van der Waals surface area (Å²) in [6.45, 7) is 18.7. The number of allylic oxidation sites excluding steroid dienone is 1. The van der Waals surface area contributed by atoms with Gasteiger partial charge in [0.05, 0.1) is 11.1 Å². The predicted molar refractivity (Wildman–Crippen MR) is 262 cm³/mol. The van der Waals surface area contributed by atoms with Gasteiger partial charge in [-0.15, -0.1) is 0 Å². The van der Waals surface area contributed by atoms with Gasteiger partial charge in [0.15, 0.2) is 8.07 Å². The van der Waals surface area contributed by atoms with Crippen molar-refractivity contribution in [2.24, 2.45) is 0 Å². The molecule has 0 radical (unpaired) electrons. The lowest BCUT2D eigenvalue weighted by Crippen LogP contribution is -2.72. The molecule has 4 heteroatoms. The lowest BCUT2D eigenvalue weighted by molar-refractivity contribution is 0.190. The normalized spacial score (nSPS) is 29.7. The average Bonchev–Trinajstić information content (AvgIpc) is 3.97. The Hall–Kier alpha value is -4.28. The summed E-state index contributed by atoms with van der Waals surface area (Å²) in [6, 6.07) is 44.3. The first-order valence-corrected chi connectivity index (χ1v) is 26.3. The second-order valence-electron chi connectivity index (χ2n) is 22.9. The standard InChI is InChI=1S/C57H63BN2Si/c1-52(2,3)61(38-22-10-8-11-23-38,39-24-12-9-13-25-39)40-28-29-45-46(36-40)59-49-43(53(4)30-16-18-32-55(53,59)6)37-44-50-47(49)58(45)51-48(60(50)56(7)33-19-17-31-54(44,56)5)41-26-14-15-27-42(41)57(51)34-20-21-35-57/h8-15,22-29,36-37H,16-21,30-35H2,1-7H3. The zero-order valence-corrected chi connectivity index (χ0v) is 38.8. The first kappa shape index (κ1) is 37.3. The summed E-state index contributed by atoms with van der Waals surface area (Å²) in [6.07, 6.45) is 15.5. The maximum absolute atomic E-state index is 3.07. The predicted octanol–water partition coefficient (Wildman–Crippen LogP) is 10.8. The van der Waals surface area contributed by atoms with E-state index in [1.165, 1.54) is 93.1 Å². The maximum atomic E-state index is 3.07. The van der Waals surface area contributed by atoms with Crippen LogP contribution < -0.4 is 36.3 Å². The van der Waals surface area contributed by atoms with Crippen LogP contribution in [0.1, 0.15) is 148 Å². The fraction of sp³-hybridized carbons (Fsp3) is 0.439. The fourth-order valence-corrected chi connectivity index (χ4v) is 22.4. The van der Waals surface area contributed by atoms with Crippen LogP contribution in [0.2, 0.25) is 5.04 Å². The van der Waals surface area contributed by atoms with Gasteiger partial charge in [0, 0.05) is 44.6 Å². The van der Waals surface area contributed by atoms with Crippen molar-refractivity contribution in [2.45, 2.75) is 158 Å². The summed E-state index contributed by atoms with van der Waals surface area (Å²) < 4.78 is 0. The summed E-state index contributed by atoms with van der Waals surface area (Å²) >= 11 is 0. The summed E-state index contributed by atoms with van der Waals surface area (Å²) in [5.41, 5.74) is 18.3. The fourth-order valence-electron chi connectivity index (χ4n) is 16.7. The molecule has 5 aromatic rings. The minimum Gasteiger partial charge on any atom is -0.335 e. The van der Waals surface area contributed by atoms with Gasteiger partial charge in [0.25, 0.3) is 0 Å². The quantitative estimate of drug-likeness (QED) is 0.132. The minimum atomic E-state index is -2.63. The number of hydrogen-bond donors (Lipinski definition) is 0. The van der Waals surface area contributed by atoms with Crippen molar-refractivity contribution in [3.8, 4) is 0 Å². The molecular weight excluding hydrogens is 752 g/mol. The Morgan fingerprint density at radius 1 is 0.525 bits per heavy atom. The maximum Gasteiger partial charge on any atom is 0.248 e. The van der Waals surface area contributed by atoms with Gasteiger partial charge in [-0.3, -0.25) is 0 Å². The molecule has 8 aliphatic rings. The highest BCUT2D eigenvalue weighted by Crippen LogP contribution is 2.71. The van der Waals surface area contributed by atoms with E-state index in [1.54, 1.807) is 60.9 Å². The summed E-state index contributed by atoms with van der Waals surface area (Å²) in [4.78, 5) is 6.12. The van der Waals surface area contributed by atoms with Gasteiger partial charge in [0.1, 0.15) is 0 Å². The van der Waals surface area contributed by atoms with Crippen molar-refractivity contribution in [3.05, 3.63) is 137 Å². The molecule has 4 unspecified atom stereocenters. The molecule has 2 nitrogen and oxygen atoms in total. The second kappa shape index (κ2) is 11.8. The molecule has 4 aliphatic carbocycles. The molecule has 61 heavy (non-hydrogen) atoms. The average molecular weight is 815 g/mol. The molecule has 0 bridgehead atoms. The molecule has 0 amide bonds. The SMILES string of the molecule is CC12CCCCC1(C)N1C3=C(B4c5ccc([Si](c6ccccc6)(c6ccccc6)C(C)(C)C)cc5N5c6c(cc2c1c64)C1(C)CCCCC51C)C1(CCCC1)c1ccccc13. The number of fused-ring (bicyclic) bond motifs is 15. The van der Waals surface area contributed by atoms with Crippen LogP contribution in [0.25, 0.3) is 5.70 Å². The van der Waals surface area contributed by atoms with E-state index >= 15 is 0 Å². The molecule has 3 saturated carbocycles. The highest BCUT2D eigenvalue weighted by molar-refractivity contribution is 7.13. The molecule has 0 saturated heterocycles. The Morgan fingerprint density at radius 2 is 1.05 bits per heavy atom. The Labute approximate surface area is 367 Å². The van der Waals surface area contributed by atoms with Crippen LogP contribution in [0.15, 0.2) is 115 Å². The van der Waals surface area contributed by atoms with E-state index in [9.17, 15) is 0 Å². The van der Waals surface area contributed by atoms with Crippen LogP contribution in [-0.4, -0.2) is 25.9 Å². The Morgan fingerprint density at radius 3 is 1.66 bits per heavy atom. The van der Waals surface area contributed by atoms with Crippen molar-refractivity contribution < 1.29 is 0 Å². The number of anilines is 3. The van der Waals surface area contributed by atoms with Crippen molar-refractivity contribution in [3.63, 3.8) is 0 Å². The van der Waals surface area contributed by atoms with E-state index in [1.807, 2.05) is 0 Å². The molecule has 3 fully saturated rings. The Balaban J connectivity index is 1.19. The molecule has 308 valence electrons. The van der Waals surface area contributed by atoms with Crippen molar-refractivity contribution in [1.82, 2.24) is 0 Å². The van der Waals surface area contributed by atoms with Crippen molar-refractivity contribution in [2.75, 3.05) is 9.80 Å². The largest absolute Gasteiger partial charge is 0.335 e. The van der Waals surface area contributed by atoms with E-state index in [4.69, 9.17) is 0 Å².